The molecular formula is C18H23N7O3S. The second-order valence-corrected chi connectivity index (χ2v) is 8.95. The maximum atomic E-state index is 12.6. The molecule has 0 radical (unpaired) electrons. The zero-order chi connectivity index (χ0) is 20.4. The van der Waals surface area contributed by atoms with Crippen molar-refractivity contribution in [3.05, 3.63) is 35.8 Å². The molecule has 1 N–H and O–H groups in total. The van der Waals surface area contributed by atoms with E-state index in [1.807, 2.05) is 26.2 Å². The van der Waals surface area contributed by atoms with Crippen molar-refractivity contribution in [2.45, 2.75) is 25.1 Å². The fourth-order valence-electron chi connectivity index (χ4n) is 3.18. The van der Waals surface area contributed by atoms with E-state index in [0.29, 0.717) is 34.4 Å². The molecule has 1 aromatic carbocycles. The molecule has 154 valence electrons. The summed E-state index contributed by atoms with van der Waals surface area (Å²) >= 11 is 0. The lowest BCUT2D eigenvalue weighted by Crippen LogP contribution is -2.28. The van der Waals surface area contributed by atoms with E-state index in [9.17, 15) is 8.42 Å². The van der Waals surface area contributed by atoms with Crippen LogP contribution in [0.4, 0.5) is 11.9 Å². The van der Waals surface area contributed by atoms with Gasteiger partial charge in [0.05, 0.1) is 6.54 Å². The molecule has 1 aliphatic heterocycles. The van der Waals surface area contributed by atoms with Crippen LogP contribution in [0.25, 0.3) is 11.0 Å². The Balaban J connectivity index is 1.51. The van der Waals surface area contributed by atoms with Gasteiger partial charge in [-0.05, 0) is 25.0 Å². The molecule has 4 rings (SSSR count). The lowest BCUT2D eigenvalue weighted by atomic mass is 10.2. The molecular weight excluding hydrogens is 394 g/mol. The number of nitrogens with zero attached hydrogens (tertiary/aromatic N) is 6. The molecule has 0 unspecified atom stereocenters. The van der Waals surface area contributed by atoms with Crippen molar-refractivity contribution in [1.29, 1.82) is 0 Å². The van der Waals surface area contributed by atoms with Crippen LogP contribution in [-0.4, -0.2) is 55.7 Å². The summed E-state index contributed by atoms with van der Waals surface area (Å²) < 4.78 is 32.9. The zero-order valence-electron chi connectivity index (χ0n) is 16.4. The molecule has 1 saturated heterocycles. The van der Waals surface area contributed by atoms with Gasteiger partial charge in [0.15, 0.2) is 11.4 Å². The summed E-state index contributed by atoms with van der Waals surface area (Å²) in [6.45, 7) is 1.75. The number of rotatable bonds is 7. The van der Waals surface area contributed by atoms with Crippen molar-refractivity contribution < 1.29 is 12.9 Å². The quantitative estimate of drug-likeness (QED) is 0.607. The van der Waals surface area contributed by atoms with E-state index in [-0.39, 0.29) is 12.3 Å². The van der Waals surface area contributed by atoms with E-state index in [0.717, 1.165) is 25.9 Å². The van der Waals surface area contributed by atoms with Gasteiger partial charge in [-0.1, -0.05) is 17.3 Å². The minimum Gasteiger partial charge on any atom is -0.356 e. The van der Waals surface area contributed by atoms with E-state index < -0.39 is 10.0 Å². The second kappa shape index (κ2) is 7.91. The van der Waals surface area contributed by atoms with Crippen molar-refractivity contribution >= 4 is 32.9 Å². The first-order valence-electron chi connectivity index (χ1n) is 9.39. The highest BCUT2D eigenvalue weighted by molar-refractivity contribution is 7.88. The Morgan fingerprint density at radius 1 is 1.14 bits per heavy atom. The number of benzene rings is 1. The highest BCUT2D eigenvalue weighted by atomic mass is 32.2. The number of hydrogen-bond donors (Lipinski definition) is 1. The lowest BCUT2D eigenvalue weighted by molar-refractivity contribution is 0.448. The summed E-state index contributed by atoms with van der Waals surface area (Å²) in [4.78, 5) is 17.2. The molecule has 0 spiro atoms. The van der Waals surface area contributed by atoms with Crippen LogP contribution >= 0.6 is 0 Å². The van der Waals surface area contributed by atoms with Crippen LogP contribution < -0.4 is 14.5 Å². The smallest absolute Gasteiger partial charge is 0.230 e. The maximum absolute atomic E-state index is 12.6. The van der Waals surface area contributed by atoms with Crippen LogP contribution in [0.5, 0.6) is 0 Å². The van der Waals surface area contributed by atoms with Crippen LogP contribution in [-0.2, 0) is 22.3 Å². The Morgan fingerprint density at radius 3 is 2.66 bits per heavy atom. The van der Waals surface area contributed by atoms with E-state index >= 15 is 0 Å². The van der Waals surface area contributed by atoms with Gasteiger partial charge >= 0.3 is 0 Å². The molecule has 0 bridgehead atoms. The van der Waals surface area contributed by atoms with Crippen LogP contribution in [0.2, 0.25) is 0 Å². The summed E-state index contributed by atoms with van der Waals surface area (Å²) in [5.41, 5.74) is 0.927. The molecule has 2 aromatic heterocycles. The van der Waals surface area contributed by atoms with E-state index in [1.165, 1.54) is 0 Å². The maximum Gasteiger partial charge on any atom is 0.230 e. The number of para-hydroxylation sites is 1. The third-order valence-electron chi connectivity index (χ3n) is 4.68. The molecule has 0 saturated carbocycles. The normalized spacial score (nSPS) is 14.6. The summed E-state index contributed by atoms with van der Waals surface area (Å²) in [5.74, 6) is 1.17. The number of hydrogen-bond acceptors (Lipinski definition) is 9. The topological polar surface area (TPSA) is 117 Å². The monoisotopic (exact) mass is 417 g/mol. The molecule has 3 heterocycles. The first-order chi connectivity index (χ1) is 13.9. The molecule has 1 fully saturated rings. The largest absolute Gasteiger partial charge is 0.356 e. The third-order valence-corrected chi connectivity index (χ3v) is 5.91. The number of nitrogens with one attached hydrogen (secondary N) is 1. The zero-order valence-corrected chi connectivity index (χ0v) is 17.2. The first-order valence-corrected chi connectivity index (χ1v) is 11.0. The fraction of sp³-hybridized carbons (Fsp3) is 0.444. The van der Waals surface area contributed by atoms with E-state index in [1.54, 1.807) is 17.0 Å². The first kappa shape index (κ1) is 19.5. The van der Waals surface area contributed by atoms with Gasteiger partial charge in [0.1, 0.15) is 11.4 Å². The van der Waals surface area contributed by atoms with Crippen LogP contribution in [0, 0.1) is 0 Å². The van der Waals surface area contributed by atoms with Gasteiger partial charge in [0, 0.05) is 32.6 Å². The Bertz CT molecular complexity index is 1110. The highest BCUT2D eigenvalue weighted by Gasteiger charge is 2.20. The van der Waals surface area contributed by atoms with Crippen LogP contribution in [0.3, 0.4) is 0 Å². The molecule has 11 heteroatoms. The van der Waals surface area contributed by atoms with Crippen LogP contribution in [0.15, 0.2) is 28.8 Å². The lowest BCUT2D eigenvalue weighted by Gasteiger charge is -2.18. The van der Waals surface area contributed by atoms with Gasteiger partial charge in [0.25, 0.3) is 0 Å². The molecule has 1 aliphatic rings. The SMILES string of the molecule is CN(C)c1nc(CNS(=O)(=O)Cc2noc3ccccc23)nc(N2CCCC2)n1. The van der Waals surface area contributed by atoms with E-state index in [2.05, 4.69) is 29.7 Å². The summed E-state index contributed by atoms with van der Waals surface area (Å²) in [6.07, 6.45) is 2.19. The summed E-state index contributed by atoms with van der Waals surface area (Å²) in [7, 11) is 0.0207. The predicted octanol–water partition coefficient (Wildman–Crippen LogP) is 1.30. The number of anilines is 2. The highest BCUT2D eigenvalue weighted by Crippen LogP contribution is 2.20. The van der Waals surface area contributed by atoms with E-state index in [4.69, 9.17) is 4.52 Å². The van der Waals surface area contributed by atoms with Gasteiger partial charge in [-0.15, -0.1) is 0 Å². The Labute approximate surface area is 169 Å². The van der Waals surface area contributed by atoms with Gasteiger partial charge in [0.2, 0.25) is 21.9 Å². The minimum absolute atomic E-state index is 0.0255. The molecule has 0 aliphatic carbocycles. The van der Waals surface area contributed by atoms with Crippen molar-refractivity contribution in [1.82, 2.24) is 24.8 Å². The Morgan fingerprint density at radius 2 is 1.90 bits per heavy atom. The van der Waals surface area contributed by atoms with Gasteiger partial charge in [-0.3, -0.25) is 0 Å². The standard InChI is InChI=1S/C18H23N7O3S/c1-24(2)17-20-16(21-18(22-17)25-9-5-6-10-25)11-19-29(26,27)12-14-13-7-3-4-8-15(13)28-23-14/h3-4,7-8,19H,5-6,9-12H2,1-2H3. The average molecular weight is 417 g/mol. The fourth-order valence-corrected chi connectivity index (χ4v) is 4.20. The molecule has 3 aromatic rings. The third kappa shape index (κ3) is 4.46. The van der Waals surface area contributed by atoms with Gasteiger partial charge in [-0.2, -0.15) is 15.0 Å². The predicted molar refractivity (Wildman–Crippen MR) is 109 cm³/mol. The Kier molecular flexibility index (Phi) is 5.33. The molecule has 10 nitrogen and oxygen atoms in total. The summed E-state index contributed by atoms with van der Waals surface area (Å²) in [6, 6.07) is 7.16. The second-order valence-electron chi connectivity index (χ2n) is 7.15. The van der Waals surface area contributed by atoms with Crippen molar-refractivity contribution in [3.63, 3.8) is 0 Å². The number of aromatic nitrogens is 4. The number of sulfonamides is 1. The van der Waals surface area contributed by atoms with Crippen LogP contribution in [0.1, 0.15) is 24.4 Å². The summed E-state index contributed by atoms with van der Waals surface area (Å²) in [5, 5.41) is 4.57. The molecule has 29 heavy (non-hydrogen) atoms. The number of fused-ring (bicyclic) bond motifs is 1. The van der Waals surface area contributed by atoms with Gasteiger partial charge in [-0.25, -0.2) is 13.1 Å². The minimum atomic E-state index is -3.66. The van der Waals surface area contributed by atoms with Crippen molar-refractivity contribution in [2.24, 2.45) is 0 Å². The molecule has 0 atom stereocenters. The van der Waals surface area contributed by atoms with Gasteiger partial charge < -0.3 is 14.3 Å². The Hall–Kier alpha value is -2.79. The molecule has 0 amide bonds. The average Bonchev–Trinajstić information content (AvgIpc) is 3.37. The van der Waals surface area contributed by atoms with Crippen molar-refractivity contribution in [2.75, 3.05) is 37.0 Å². The van der Waals surface area contributed by atoms with Crippen molar-refractivity contribution in [3.8, 4) is 0 Å².